The Kier molecular flexibility index (Phi) is 4.10. The fourth-order valence-electron chi connectivity index (χ4n) is 1.81. The van der Waals surface area contributed by atoms with Crippen molar-refractivity contribution < 1.29 is 4.39 Å². The molecule has 2 rings (SSSR count). The minimum atomic E-state index is -0.475. The maximum Gasteiger partial charge on any atom is 0.167 e. The minimum absolute atomic E-state index is 0.156. The van der Waals surface area contributed by atoms with Crippen molar-refractivity contribution in [1.29, 1.82) is 10.5 Å². The van der Waals surface area contributed by atoms with Crippen LogP contribution in [0, 0.1) is 42.3 Å². The molecule has 1 aromatic heterocycles. The number of hydrogen-bond acceptors (Lipinski definition) is 5. The average molecular weight is 281 g/mol. The van der Waals surface area contributed by atoms with Gasteiger partial charge in [-0.15, -0.1) is 5.10 Å². The van der Waals surface area contributed by atoms with Gasteiger partial charge in [-0.25, -0.2) is 4.39 Å². The van der Waals surface area contributed by atoms with Crippen LogP contribution in [0.4, 0.5) is 10.2 Å². The molecule has 0 aliphatic carbocycles. The topological polar surface area (TPSA) is 85.4 Å². The SMILES string of the molecule is Cc1nnc(NCc2ccc(C#N)cc2F)c(C#N)c1C. The molecule has 1 aromatic carbocycles. The van der Waals surface area contributed by atoms with Crippen LogP contribution in [-0.2, 0) is 6.54 Å². The van der Waals surface area contributed by atoms with Gasteiger partial charge < -0.3 is 5.32 Å². The highest BCUT2D eigenvalue weighted by Gasteiger charge is 2.11. The molecular formula is C15H12FN5. The van der Waals surface area contributed by atoms with E-state index in [1.807, 2.05) is 6.07 Å². The van der Waals surface area contributed by atoms with Crippen molar-refractivity contribution >= 4 is 5.82 Å². The second-order valence-electron chi connectivity index (χ2n) is 4.52. The van der Waals surface area contributed by atoms with E-state index in [1.54, 1.807) is 13.8 Å². The van der Waals surface area contributed by atoms with E-state index < -0.39 is 5.82 Å². The zero-order chi connectivity index (χ0) is 15.4. The van der Waals surface area contributed by atoms with Crippen LogP contribution in [0.15, 0.2) is 18.2 Å². The first kappa shape index (κ1) is 14.4. The third kappa shape index (κ3) is 2.96. The molecule has 0 amide bonds. The van der Waals surface area contributed by atoms with E-state index in [2.05, 4.69) is 21.6 Å². The molecule has 0 spiro atoms. The van der Waals surface area contributed by atoms with Crippen molar-refractivity contribution in [2.45, 2.75) is 20.4 Å². The summed E-state index contributed by atoms with van der Waals surface area (Å²) in [5.74, 6) is -0.152. The maximum absolute atomic E-state index is 13.8. The molecule has 0 atom stereocenters. The van der Waals surface area contributed by atoms with Crippen molar-refractivity contribution in [3.8, 4) is 12.1 Å². The van der Waals surface area contributed by atoms with Crippen LogP contribution in [0.25, 0.3) is 0 Å². The highest BCUT2D eigenvalue weighted by molar-refractivity contribution is 5.56. The van der Waals surface area contributed by atoms with Gasteiger partial charge in [0.25, 0.3) is 0 Å². The molecule has 104 valence electrons. The van der Waals surface area contributed by atoms with E-state index in [0.29, 0.717) is 22.6 Å². The van der Waals surface area contributed by atoms with Crippen LogP contribution in [0.3, 0.4) is 0 Å². The summed E-state index contributed by atoms with van der Waals surface area (Å²) in [6.45, 7) is 3.71. The molecule has 0 bridgehead atoms. The number of nitrogens with one attached hydrogen (secondary N) is 1. The lowest BCUT2D eigenvalue weighted by atomic mass is 10.1. The molecule has 2 aromatic rings. The van der Waals surface area contributed by atoms with Crippen LogP contribution in [-0.4, -0.2) is 10.2 Å². The predicted molar refractivity (Wildman–Crippen MR) is 74.7 cm³/mol. The summed E-state index contributed by atoms with van der Waals surface area (Å²) in [5, 5.41) is 28.7. The molecule has 0 fully saturated rings. The Morgan fingerprint density at radius 1 is 1.19 bits per heavy atom. The monoisotopic (exact) mass is 281 g/mol. The van der Waals surface area contributed by atoms with Gasteiger partial charge in [0.1, 0.15) is 17.4 Å². The fourth-order valence-corrected chi connectivity index (χ4v) is 1.81. The lowest BCUT2D eigenvalue weighted by Gasteiger charge is -2.10. The van der Waals surface area contributed by atoms with Gasteiger partial charge in [-0.05, 0) is 31.5 Å². The van der Waals surface area contributed by atoms with Crippen molar-refractivity contribution in [3.63, 3.8) is 0 Å². The number of rotatable bonds is 3. The number of hydrogen-bond donors (Lipinski definition) is 1. The summed E-state index contributed by atoms with van der Waals surface area (Å²) >= 11 is 0. The molecule has 1 heterocycles. The zero-order valence-electron chi connectivity index (χ0n) is 11.6. The lowest BCUT2D eigenvalue weighted by molar-refractivity contribution is 0.612. The molecule has 0 saturated heterocycles. The van der Waals surface area contributed by atoms with Crippen LogP contribution in [0.2, 0.25) is 0 Å². The molecule has 21 heavy (non-hydrogen) atoms. The molecule has 0 aliphatic rings. The molecule has 0 aliphatic heterocycles. The van der Waals surface area contributed by atoms with Gasteiger partial charge in [0.15, 0.2) is 5.82 Å². The number of anilines is 1. The highest BCUT2D eigenvalue weighted by atomic mass is 19.1. The molecule has 5 nitrogen and oxygen atoms in total. The Bertz CT molecular complexity index is 771. The first-order chi connectivity index (χ1) is 10.1. The van der Waals surface area contributed by atoms with E-state index in [1.165, 1.54) is 18.2 Å². The number of nitrogens with zero attached hydrogens (tertiary/aromatic N) is 4. The standard InChI is InChI=1S/C15H12FN5/c1-9-10(2)20-21-15(13(9)7-18)19-8-12-4-3-11(6-17)5-14(12)16/h3-5H,8H2,1-2H3,(H,19,21). The van der Waals surface area contributed by atoms with Gasteiger partial charge in [-0.1, -0.05) is 6.07 Å². The number of aromatic nitrogens is 2. The zero-order valence-corrected chi connectivity index (χ0v) is 11.6. The molecule has 0 unspecified atom stereocenters. The normalized spacial score (nSPS) is 9.76. The second-order valence-corrected chi connectivity index (χ2v) is 4.52. The third-order valence-corrected chi connectivity index (χ3v) is 3.19. The van der Waals surface area contributed by atoms with Gasteiger partial charge in [0.05, 0.1) is 17.3 Å². The summed E-state index contributed by atoms with van der Waals surface area (Å²) in [6.07, 6.45) is 0. The largest absolute Gasteiger partial charge is 0.363 e. The molecule has 6 heteroatoms. The Morgan fingerprint density at radius 2 is 1.95 bits per heavy atom. The average Bonchev–Trinajstić information content (AvgIpc) is 2.49. The third-order valence-electron chi connectivity index (χ3n) is 3.19. The van der Waals surface area contributed by atoms with Crippen LogP contribution >= 0.6 is 0 Å². The van der Waals surface area contributed by atoms with Crippen LogP contribution < -0.4 is 5.32 Å². The maximum atomic E-state index is 13.8. The Labute approximate surface area is 121 Å². The van der Waals surface area contributed by atoms with E-state index in [9.17, 15) is 9.65 Å². The second kappa shape index (κ2) is 5.98. The number of benzene rings is 1. The molecule has 0 saturated carbocycles. The van der Waals surface area contributed by atoms with E-state index >= 15 is 0 Å². The fraction of sp³-hybridized carbons (Fsp3) is 0.200. The lowest BCUT2D eigenvalue weighted by Crippen LogP contribution is -2.08. The van der Waals surface area contributed by atoms with E-state index in [-0.39, 0.29) is 12.1 Å². The summed E-state index contributed by atoms with van der Waals surface area (Å²) in [4.78, 5) is 0. The van der Waals surface area contributed by atoms with Gasteiger partial charge in [-0.2, -0.15) is 15.6 Å². The molecule has 1 N–H and O–H groups in total. The predicted octanol–water partition coefficient (Wildman–Crippen LogP) is 2.59. The van der Waals surface area contributed by atoms with Gasteiger partial charge in [0, 0.05) is 12.1 Å². The molecule has 0 radical (unpaired) electrons. The van der Waals surface area contributed by atoms with Crippen LogP contribution in [0.5, 0.6) is 0 Å². The Balaban J connectivity index is 2.24. The van der Waals surface area contributed by atoms with Crippen molar-refractivity contribution in [3.05, 3.63) is 52.0 Å². The summed E-state index contributed by atoms with van der Waals surface area (Å²) in [6, 6.07) is 8.19. The first-order valence-corrected chi connectivity index (χ1v) is 6.23. The van der Waals surface area contributed by atoms with Crippen molar-refractivity contribution in [2.75, 3.05) is 5.32 Å². The molecular weight excluding hydrogens is 269 g/mol. The summed E-state index contributed by atoms with van der Waals surface area (Å²) in [7, 11) is 0. The van der Waals surface area contributed by atoms with Crippen LogP contribution in [0.1, 0.15) is 27.9 Å². The summed E-state index contributed by atoms with van der Waals surface area (Å²) < 4.78 is 13.8. The van der Waals surface area contributed by atoms with E-state index in [0.717, 1.165) is 5.56 Å². The van der Waals surface area contributed by atoms with Gasteiger partial charge >= 0.3 is 0 Å². The number of aryl methyl sites for hydroxylation is 1. The number of halogens is 1. The van der Waals surface area contributed by atoms with Gasteiger partial charge in [0.2, 0.25) is 0 Å². The summed E-state index contributed by atoms with van der Waals surface area (Å²) in [5.41, 5.74) is 2.48. The Hall–Kier alpha value is -2.99. The Morgan fingerprint density at radius 3 is 2.57 bits per heavy atom. The van der Waals surface area contributed by atoms with Crippen molar-refractivity contribution in [2.24, 2.45) is 0 Å². The smallest absolute Gasteiger partial charge is 0.167 e. The highest BCUT2D eigenvalue weighted by Crippen LogP contribution is 2.18. The van der Waals surface area contributed by atoms with E-state index in [4.69, 9.17) is 5.26 Å². The number of nitriles is 2. The van der Waals surface area contributed by atoms with Gasteiger partial charge in [-0.3, -0.25) is 0 Å². The first-order valence-electron chi connectivity index (χ1n) is 6.23. The minimum Gasteiger partial charge on any atom is -0.363 e. The van der Waals surface area contributed by atoms with Crippen molar-refractivity contribution in [1.82, 2.24) is 10.2 Å². The quantitative estimate of drug-likeness (QED) is 0.934.